The average Bonchev–Trinajstić information content (AvgIpc) is 3.08. The summed E-state index contributed by atoms with van der Waals surface area (Å²) in [7, 11) is 0. The van der Waals surface area contributed by atoms with Crippen LogP contribution in [0, 0.1) is 6.92 Å². The van der Waals surface area contributed by atoms with Gasteiger partial charge in [-0.3, -0.25) is 4.79 Å². The quantitative estimate of drug-likeness (QED) is 0.694. The minimum Gasteiger partial charge on any atom is -0.342 e. The molecule has 0 unspecified atom stereocenters. The number of rotatable bonds is 3. The van der Waals surface area contributed by atoms with Crippen LogP contribution in [0.15, 0.2) is 48.5 Å². The van der Waals surface area contributed by atoms with Gasteiger partial charge in [-0.05, 0) is 37.5 Å². The van der Waals surface area contributed by atoms with Gasteiger partial charge in [-0.15, -0.1) is 11.3 Å². The van der Waals surface area contributed by atoms with Crippen LogP contribution in [0.25, 0.3) is 10.2 Å². The molecule has 2 heterocycles. The van der Waals surface area contributed by atoms with Crippen molar-refractivity contribution in [1.29, 1.82) is 0 Å². The van der Waals surface area contributed by atoms with Gasteiger partial charge in [0.2, 0.25) is 5.91 Å². The summed E-state index contributed by atoms with van der Waals surface area (Å²) in [5.74, 6) is 0.729. The first kappa shape index (κ1) is 16.3. The van der Waals surface area contributed by atoms with E-state index in [1.807, 2.05) is 11.0 Å². The van der Waals surface area contributed by atoms with Crippen molar-refractivity contribution < 1.29 is 4.79 Å². The second kappa shape index (κ2) is 6.96. The van der Waals surface area contributed by atoms with Gasteiger partial charge in [0.15, 0.2) is 0 Å². The fourth-order valence-electron chi connectivity index (χ4n) is 3.43. The van der Waals surface area contributed by atoms with Crippen LogP contribution < -0.4 is 0 Å². The van der Waals surface area contributed by atoms with Crippen molar-refractivity contribution in [2.24, 2.45) is 0 Å². The molecule has 0 spiro atoms. The molecule has 3 nitrogen and oxygen atoms in total. The van der Waals surface area contributed by atoms with E-state index in [-0.39, 0.29) is 5.91 Å². The fraction of sp³-hybridized carbons (Fsp3) is 0.333. The van der Waals surface area contributed by atoms with Crippen LogP contribution in [-0.4, -0.2) is 28.9 Å². The number of thiazole rings is 1. The first-order chi connectivity index (χ1) is 12.2. The SMILES string of the molecule is Cc1ccc(CC(=O)N2CCC(c3nc4ccccc4s3)CC2)cc1. The predicted octanol–water partition coefficient (Wildman–Crippen LogP) is 4.55. The van der Waals surface area contributed by atoms with Crippen molar-refractivity contribution in [3.63, 3.8) is 0 Å². The van der Waals surface area contributed by atoms with Crippen molar-refractivity contribution in [3.05, 3.63) is 64.7 Å². The maximum absolute atomic E-state index is 12.5. The molecule has 4 rings (SSSR count). The molecule has 128 valence electrons. The number of aromatic nitrogens is 1. The van der Waals surface area contributed by atoms with Crippen LogP contribution in [0.5, 0.6) is 0 Å². The molecule has 25 heavy (non-hydrogen) atoms. The van der Waals surface area contributed by atoms with E-state index in [2.05, 4.69) is 49.4 Å². The van der Waals surface area contributed by atoms with E-state index in [9.17, 15) is 4.79 Å². The molecule has 1 aliphatic rings. The van der Waals surface area contributed by atoms with Gasteiger partial charge in [0.25, 0.3) is 0 Å². The van der Waals surface area contributed by atoms with Gasteiger partial charge in [0.1, 0.15) is 0 Å². The lowest BCUT2D eigenvalue weighted by atomic mass is 9.97. The third kappa shape index (κ3) is 3.59. The number of para-hydroxylation sites is 1. The summed E-state index contributed by atoms with van der Waals surface area (Å²) in [5.41, 5.74) is 3.43. The average molecular weight is 350 g/mol. The third-order valence-corrected chi connectivity index (χ3v) is 6.18. The van der Waals surface area contributed by atoms with E-state index in [1.165, 1.54) is 15.3 Å². The Balaban J connectivity index is 1.37. The highest BCUT2D eigenvalue weighted by molar-refractivity contribution is 7.18. The Hall–Kier alpha value is -2.20. The van der Waals surface area contributed by atoms with Crippen molar-refractivity contribution in [2.45, 2.75) is 32.1 Å². The fourth-order valence-corrected chi connectivity index (χ4v) is 4.57. The van der Waals surface area contributed by atoms with Gasteiger partial charge < -0.3 is 4.90 Å². The summed E-state index contributed by atoms with van der Waals surface area (Å²) in [6.45, 7) is 3.75. The number of piperidine rings is 1. The molecule has 1 aliphatic heterocycles. The summed E-state index contributed by atoms with van der Waals surface area (Å²) in [6, 6.07) is 16.6. The summed E-state index contributed by atoms with van der Waals surface area (Å²) >= 11 is 1.80. The Morgan fingerprint density at radius 3 is 2.56 bits per heavy atom. The van der Waals surface area contributed by atoms with Gasteiger partial charge in [-0.1, -0.05) is 42.0 Å². The molecule has 1 saturated heterocycles. The number of carbonyl (C=O) groups is 1. The van der Waals surface area contributed by atoms with Crippen LogP contribution >= 0.6 is 11.3 Å². The van der Waals surface area contributed by atoms with E-state index < -0.39 is 0 Å². The second-order valence-corrected chi connectivity index (χ2v) is 7.90. The van der Waals surface area contributed by atoms with Crippen LogP contribution in [0.1, 0.15) is 34.9 Å². The summed E-state index contributed by atoms with van der Waals surface area (Å²) in [4.78, 5) is 19.4. The highest BCUT2D eigenvalue weighted by atomic mass is 32.1. The first-order valence-electron chi connectivity index (χ1n) is 8.88. The van der Waals surface area contributed by atoms with Crippen LogP contribution in [0.4, 0.5) is 0 Å². The molecule has 0 atom stereocenters. The number of likely N-dealkylation sites (tertiary alicyclic amines) is 1. The summed E-state index contributed by atoms with van der Waals surface area (Å²) < 4.78 is 1.26. The Morgan fingerprint density at radius 2 is 1.84 bits per heavy atom. The summed E-state index contributed by atoms with van der Waals surface area (Å²) in [5, 5.41) is 1.23. The number of benzene rings is 2. The predicted molar refractivity (Wildman–Crippen MR) is 103 cm³/mol. The highest BCUT2D eigenvalue weighted by Crippen LogP contribution is 2.33. The van der Waals surface area contributed by atoms with Crippen LogP contribution in [0.3, 0.4) is 0 Å². The smallest absolute Gasteiger partial charge is 0.226 e. The van der Waals surface area contributed by atoms with Crippen LogP contribution in [0.2, 0.25) is 0 Å². The van der Waals surface area contributed by atoms with Crippen LogP contribution in [-0.2, 0) is 11.2 Å². The molecule has 0 saturated carbocycles. The van der Waals surface area contributed by atoms with Crippen molar-refractivity contribution in [1.82, 2.24) is 9.88 Å². The lowest BCUT2D eigenvalue weighted by molar-refractivity contribution is -0.131. The summed E-state index contributed by atoms with van der Waals surface area (Å²) in [6.07, 6.45) is 2.53. The van der Waals surface area contributed by atoms with Gasteiger partial charge in [0.05, 0.1) is 21.6 Å². The Bertz CT molecular complexity index is 843. The zero-order chi connectivity index (χ0) is 17.2. The maximum atomic E-state index is 12.5. The Kier molecular flexibility index (Phi) is 4.53. The number of carbonyl (C=O) groups excluding carboxylic acids is 1. The molecule has 4 heteroatoms. The van der Waals surface area contributed by atoms with Crippen molar-refractivity contribution in [2.75, 3.05) is 13.1 Å². The van der Waals surface area contributed by atoms with Crippen molar-refractivity contribution >= 4 is 27.5 Å². The zero-order valence-electron chi connectivity index (χ0n) is 14.4. The van der Waals surface area contributed by atoms with E-state index >= 15 is 0 Å². The minimum absolute atomic E-state index is 0.242. The van der Waals surface area contributed by atoms with Gasteiger partial charge >= 0.3 is 0 Å². The minimum atomic E-state index is 0.242. The molecule has 0 N–H and O–H groups in total. The second-order valence-electron chi connectivity index (χ2n) is 6.84. The molecule has 0 bridgehead atoms. The molecule has 1 fully saturated rings. The molecule has 0 aliphatic carbocycles. The van der Waals surface area contributed by atoms with Crippen molar-refractivity contribution in [3.8, 4) is 0 Å². The molecule has 1 amide bonds. The largest absolute Gasteiger partial charge is 0.342 e. The molecule has 1 aromatic heterocycles. The third-order valence-electron chi connectivity index (χ3n) is 4.98. The van der Waals surface area contributed by atoms with Gasteiger partial charge in [-0.25, -0.2) is 4.98 Å². The van der Waals surface area contributed by atoms with Gasteiger partial charge in [0, 0.05) is 19.0 Å². The number of amides is 1. The maximum Gasteiger partial charge on any atom is 0.226 e. The normalized spacial score (nSPS) is 15.6. The molecule has 3 aromatic rings. The number of fused-ring (bicyclic) bond motifs is 1. The first-order valence-corrected chi connectivity index (χ1v) is 9.69. The Morgan fingerprint density at radius 1 is 1.12 bits per heavy atom. The van der Waals surface area contributed by atoms with E-state index in [4.69, 9.17) is 4.98 Å². The Labute approximate surface area is 152 Å². The van der Waals surface area contributed by atoms with E-state index in [1.54, 1.807) is 11.3 Å². The molecule has 0 radical (unpaired) electrons. The van der Waals surface area contributed by atoms with E-state index in [0.717, 1.165) is 37.0 Å². The zero-order valence-corrected chi connectivity index (χ0v) is 15.3. The molecular formula is C21H22N2OS. The molecule has 2 aromatic carbocycles. The van der Waals surface area contributed by atoms with E-state index in [0.29, 0.717) is 12.3 Å². The monoisotopic (exact) mass is 350 g/mol. The topological polar surface area (TPSA) is 33.2 Å². The number of aryl methyl sites for hydroxylation is 1. The lowest BCUT2D eigenvalue weighted by Gasteiger charge is -2.31. The standard InChI is InChI=1S/C21H22N2OS/c1-15-6-8-16(9-7-15)14-20(24)23-12-10-17(11-13-23)21-22-18-4-2-3-5-19(18)25-21/h2-9,17H,10-14H2,1H3. The lowest BCUT2D eigenvalue weighted by Crippen LogP contribution is -2.38. The number of nitrogens with zero attached hydrogens (tertiary/aromatic N) is 2. The molecular weight excluding hydrogens is 328 g/mol. The number of hydrogen-bond acceptors (Lipinski definition) is 3. The van der Waals surface area contributed by atoms with Gasteiger partial charge in [-0.2, -0.15) is 0 Å². The number of hydrogen-bond donors (Lipinski definition) is 0. The highest BCUT2D eigenvalue weighted by Gasteiger charge is 2.25.